The van der Waals surface area contributed by atoms with Gasteiger partial charge in [-0.3, -0.25) is 0 Å². The largest absolute Gasteiger partial charge is 0.457 e. The van der Waals surface area contributed by atoms with Crippen molar-refractivity contribution >= 4 is 34.1 Å². The maximum absolute atomic E-state index is 7.06. The van der Waals surface area contributed by atoms with E-state index in [4.69, 9.17) is 4.74 Å². The molecule has 3 unspecified atom stereocenters. The summed E-state index contributed by atoms with van der Waals surface area (Å²) in [5.74, 6) is 1.82. The van der Waals surface area contributed by atoms with Crippen LogP contribution in [0.15, 0.2) is 133 Å². The molecule has 5 aliphatic rings. The summed E-state index contributed by atoms with van der Waals surface area (Å²) >= 11 is 0. The average molecular weight is 805 g/mol. The minimum Gasteiger partial charge on any atom is -0.457 e. The van der Waals surface area contributed by atoms with E-state index in [-0.39, 0.29) is 28.1 Å². The van der Waals surface area contributed by atoms with Crippen LogP contribution in [0.1, 0.15) is 121 Å². The van der Waals surface area contributed by atoms with E-state index in [1.807, 2.05) is 0 Å². The zero-order valence-corrected chi connectivity index (χ0v) is 37.5. The second-order valence-electron chi connectivity index (χ2n) is 21.0. The van der Waals surface area contributed by atoms with Crippen molar-refractivity contribution < 1.29 is 4.74 Å². The normalized spacial score (nSPS) is 23.3. The van der Waals surface area contributed by atoms with Crippen LogP contribution in [0.4, 0.5) is 34.1 Å². The van der Waals surface area contributed by atoms with Gasteiger partial charge in [0.1, 0.15) is 17.7 Å². The van der Waals surface area contributed by atoms with Gasteiger partial charge in [-0.15, -0.1) is 0 Å². The molecule has 4 aliphatic heterocycles. The molecule has 1 saturated carbocycles. The highest BCUT2D eigenvalue weighted by Crippen LogP contribution is 2.60. The monoisotopic (exact) mass is 804 g/mol. The lowest BCUT2D eigenvalue weighted by atomic mass is 9.62. The average Bonchev–Trinajstić information content (AvgIpc) is 3.78. The van der Waals surface area contributed by atoms with E-state index in [2.05, 4.69) is 215 Å². The number of fused-ring (bicyclic) bond motifs is 25. The molecule has 1 spiro atoms. The molecule has 310 valence electrons. The molecule has 6 aromatic carbocycles. The molecule has 0 radical (unpaired) electrons. The fraction of sp³-hybridized carbons (Fsp3) is 0.357. The Morgan fingerprint density at radius 3 is 1.67 bits per heavy atom. The van der Waals surface area contributed by atoms with E-state index in [0.717, 1.165) is 31.0 Å². The van der Waals surface area contributed by atoms with E-state index >= 15 is 0 Å². The number of para-hydroxylation sites is 4. The zero-order valence-electron chi connectivity index (χ0n) is 37.5. The highest BCUT2D eigenvalue weighted by atomic mass is 16.5. The van der Waals surface area contributed by atoms with Crippen LogP contribution in [-0.2, 0) is 16.2 Å². The number of hydrogen-bond acceptors (Lipinski definition) is 5. The van der Waals surface area contributed by atoms with Crippen molar-refractivity contribution in [3.05, 3.63) is 167 Å². The minimum atomic E-state index is -0.718. The summed E-state index contributed by atoms with van der Waals surface area (Å²) in [6.07, 6.45) is 4.74. The van der Waals surface area contributed by atoms with E-state index in [9.17, 15) is 0 Å². The second kappa shape index (κ2) is 12.9. The highest BCUT2D eigenvalue weighted by molar-refractivity contribution is 5.88. The third-order valence-electron chi connectivity index (χ3n) is 15.6. The predicted molar refractivity (Wildman–Crippen MR) is 254 cm³/mol. The summed E-state index contributed by atoms with van der Waals surface area (Å²) < 4.78 is 7.06. The minimum absolute atomic E-state index is 0.0698. The van der Waals surface area contributed by atoms with E-state index in [1.54, 1.807) is 0 Å². The van der Waals surface area contributed by atoms with Crippen molar-refractivity contribution in [3.63, 3.8) is 0 Å². The van der Waals surface area contributed by atoms with Crippen molar-refractivity contribution in [1.29, 1.82) is 0 Å². The first-order valence-corrected chi connectivity index (χ1v) is 22.7. The first-order chi connectivity index (χ1) is 29.1. The molecule has 5 nitrogen and oxygen atoms in total. The number of anilines is 6. The van der Waals surface area contributed by atoms with Crippen LogP contribution in [0, 0.1) is 0 Å². The van der Waals surface area contributed by atoms with Crippen LogP contribution in [0.5, 0.6) is 11.5 Å². The van der Waals surface area contributed by atoms with Gasteiger partial charge in [-0.25, -0.2) is 0 Å². The van der Waals surface area contributed by atoms with Crippen LogP contribution < -0.4 is 24.3 Å². The van der Waals surface area contributed by atoms with Gasteiger partial charge in [-0.05, 0) is 139 Å². The molecule has 0 N–H and O–H groups in total. The Balaban J connectivity index is 1.29. The van der Waals surface area contributed by atoms with Crippen LogP contribution in [-0.4, -0.2) is 23.9 Å². The maximum atomic E-state index is 7.06. The van der Waals surface area contributed by atoms with Crippen molar-refractivity contribution in [3.8, 4) is 11.5 Å². The molecule has 61 heavy (non-hydrogen) atoms. The van der Waals surface area contributed by atoms with Gasteiger partial charge < -0.3 is 24.3 Å². The molecule has 1 fully saturated rings. The van der Waals surface area contributed by atoms with Crippen molar-refractivity contribution in [2.75, 3.05) is 26.3 Å². The first-order valence-electron chi connectivity index (χ1n) is 22.7. The van der Waals surface area contributed by atoms with Crippen LogP contribution in [0.3, 0.4) is 0 Å². The molecule has 11 rings (SSSR count). The Morgan fingerprint density at radius 1 is 0.541 bits per heavy atom. The molecule has 6 aromatic rings. The number of hydrogen-bond donors (Lipinski definition) is 0. The summed E-state index contributed by atoms with van der Waals surface area (Å²) in [6.45, 7) is 22.3. The second-order valence-corrected chi connectivity index (χ2v) is 21.0. The molecule has 1 aliphatic carbocycles. The molecule has 8 bridgehead atoms. The summed E-state index contributed by atoms with van der Waals surface area (Å²) in [7, 11) is 0. The molecule has 3 atom stereocenters. The number of nitrogens with zero attached hydrogens (tertiary/aromatic N) is 4. The van der Waals surface area contributed by atoms with Gasteiger partial charge >= 0.3 is 0 Å². The van der Waals surface area contributed by atoms with Crippen molar-refractivity contribution in [2.45, 2.75) is 121 Å². The van der Waals surface area contributed by atoms with Crippen LogP contribution in [0.2, 0.25) is 0 Å². The Labute approximate surface area is 363 Å². The summed E-state index contributed by atoms with van der Waals surface area (Å²) in [5.41, 5.74) is 13.8. The van der Waals surface area contributed by atoms with E-state index in [1.165, 1.54) is 80.3 Å². The van der Waals surface area contributed by atoms with E-state index < -0.39 is 5.41 Å². The Morgan fingerprint density at radius 2 is 1.07 bits per heavy atom. The van der Waals surface area contributed by atoms with Gasteiger partial charge in [0.15, 0.2) is 0 Å². The quantitative estimate of drug-likeness (QED) is 0.152. The highest BCUT2D eigenvalue weighted by Gasteiger charge is 2.59. The third-order valence-corrected chi connectivity index (χ3v) is 15.6. The molecule has 4 heterocycles. The topological polar surface area (TPSA) is 22.2 Å². The SMILES string of the molecule is CC1N2c3cccc(c3)C3(c4cccc(c4)N4CN(c5ccccc54)C4(C)CCCCC4(C)N1c1ccccc12)c1cc(C(C)(C)C)ccc1Oc1ccc(C(C)(C)C)cc13. The summed E-state index contributed by atoms with van der Waals surface area (Å²) in [4.78, 5) is 10.8. The van der Waals surface area contributed by atoms with E-state index in [0.29, 0.717) is 0 Å². The standard InChI is InChI=1S/C56H60N4O/c1-37-59-43-21-17-19-41(33-43)56(44-34-38(52(2,3)4)26-28-50(44)61-51-29-27-39(35-45(51)56)53(5,6)7)40-18-16-20-42(32-40)57-36-58(47-23-11-10-22-46(47)57)54(8)30-14-15-31-55(54,9)60(37)49-25-13-12-24-48(49)59/h10-13,16-29,32-35,37H,14-15,30-31,36H2,1-9H3. The van der Waals surface area contributed by atoms with Gasteiger partial charge in [0.2, 0.25) is 0 Å². The number of benzene rings is 6. The Kier molecular flexibility index (Phi) is 8.10. The van der Waals surface area contributed by atoms with Gasteiger partial charge in [0.25, 0.3) is 0 Å². The summed E-state index contributed by atoms with van der Waals surface area (Å²) in [6, 6.07) is 51.4. The lowest BCUT2D eigenvalue weighted by Crippen LogP contribution is -2.71. The maximum Gasteiger partial charge on any atom is 0.132 e. The lowest BCUT2D eigenvalue weighted by molar-refractivity contribution is 0.153. The van der Waals surface area contributed by atoms with Crippen molar-refractivity contribution in [1.82, 2.24) is 0 Å². The molecule has 5 heteroatoms. The van der Waals surface area contributed by atoms with Crippen LogP contribution in [0.25, 0.3) is 0 Å². The predicted octanol–water partition coefficient (Wildman–Crippen LogP) is 14.1. The molecule has 0 amide bonds. The zero-order chi connectivity index (χ0) is 42.3. The van der Waals surface area contributed by atoms with Crippen LogP contribution >= 0.6 is 0 Å². The molecule has 0 saturated heterocycles. The van der Waals surface area contributed by atoms with Gasteiger partial charge in [-0.2, -0.15) is 0 Å². The number of ether oxygens (including phenoxy) is 1. The number of rotatable bonds is 0. The molecular formula is C56H60N4O. The van der Waals surface area contributed by atoms with Gasteiger partial charge in [-0.1, -0.05) is 115 Å². The van der Waals surface area contributed by atoms with Crippen molar-refractivity contribution in [2.24, 2.45) is 0 Å². The first kappa shape index (κ1) is 38.3. The summed E-state index contributed by atoms with van der Waals surface area (Å²) in [5, 5.41) is 0. The lowest BCUT2D eigenvalue weighted by Gasteiger charge is -2.60. The Bertz CT molecular complexity index is 2680. The molecule has 0 aromatic heterocycles. The Hall–Kier alpha value is -5.68. The van der Waals surface area contributed by atoms with Gasteiger partial charge in [0, 0.05) is 22.5 Å². The molecular weight excluding hydrogens is 745 g/mol. The van der Waals surface area contributed by atoms with Gasteiger partial charge in [0.05, 0.1) is 45.9 Å². The smallest absolute Gasteiger partial charge is 0.132 e. The fourth-order valence-corrected chi connectivity index (χ4v) is 12.2. The fourth-order valence-electron chi connectivity index (χ4n) is 12.2. The third kappa shape index (κ3) is 5.25.